The molecule has 2 nitrogen and oxygen atoms in total. The Kier molecular flexibility index (Phi) is 5.34. The van der Waals surface area contributed by atoms with Crippen molar-refractivity contribution in [1.82, 2.24) is 4.90 Å². The van der Waals surface area contributed by atoms with Gasteiger partial charge in [0.05, 0.1) is 6.04 Å². The molecule has 1 amide bonds. The normalized spacial score (nSPS) is 18.9. The molecule has 1 aromatic carbocycles. The molecule has 0 radical (unpaired) electrons. The van der Waals surface area contributed by atoms with Gasteiger partial charge in [0.15, 0.2) is 0 Å². The third kappa shape index (κ3) is 2.96. The number of benzene rings is 1. The van der Waals surface area contributed by atoms with Crippen LogP contribution in [0.5, 0.6) is 0 Å². The van der Waals surface area contributed by atoms with Crippen LogP contribution in [-0.4, -0.2) is 23.6 Å². The fourth-order valence-corrected chi connectivity index (χ4v) is 3.06. The molecule has 1 aliphatic rings. The predicted molar refractivity (Wildman–Crippen MR) is 74.8 cm³/mol. The van der Waals surface area contributed by atoms with Gasteiger partial charge in [-0.25, -0.2) is 0 Å². The Morgan fingerprint density at radius 2 is 2.12 bits per heavy atom. The van der Waals surface area contributed by atoms with Gasteiger partial charge in [-0.15, -0.1) is 24.2 Å². The van der Waals surface area contributed by atoms with Crippen molar-refractivity contribution in [3.8, 4) is 0 Å². The van der Waals surface area contributed by atoms with Crippen LogP contribution in [0.1, 0.15) is 31.4 Å². The lowest BCUT2D eigenvalue weighted by Crippen LogP contribution is -2.28. The molecule has 1 aliphatic heterocycles. The van der Waals surface area contributed by atoms with E-state index in [0.29, 0.717) is 6.04 Å². The smallest absolute Gasteiger partial charge is 0.219 e. The summed E-state index contributed by atoms with van der Waals surface area (Å²) in [5.74, 6) is 0.193. The van der Waals surface area contributed by atoms with Gasteiger partial charge in [-0.2, -0.15) is 0 Å². The molecule has 1 atom stereocenters. The number of thioether (sulfide) groups is 1. The molecular weight excluding hydrogens is 254 g/mol. The molecule has 1 saturated heterocycles. The van der Waals surface area contributed by atoms with Crippen LogP contribution in [0.3, 0.4) is 0 Å². The van der Waals surface area contributed by atoms with Crippen molar-refractivity contribution in [2.45, 2.75) is 30.7 Å². The van der Waals surface area contributed by atoms with Crippen molar-refractivity contribution in [3.63, 3.8) is 0 Å². The highest BCUT2D eigenvalue weighted by Crippen LogP contribution is 2.36. The summed E-state index contributed by atoms with van der Waals surface area (Å²) < 4.78 is 0. The Hall–Kier alpha value is -0.670. The van der Waals surface area contributed by atoms with E-state index < -0.39 is 0 Å². The average molecular weight is 272 g/mol. The lowest BCUT2D eigenvalue weighted by molar-refractivity contribution is -0.129. The number of likely N-dealkylation sites (tertiary alicyclic amines) is 1. The first-order valence-corrected chi connectivity index (χ1v) is 6.86. The lowest BCUT2D eigenvalue weighted by Gasteiger charge is -2.25. The molecule has 1 unspecified atom stereocenters. The van der Waals surface area contributed by atoms with Crippen molar-refractivity contribution in [2.24, 2.45) is 0 Å². The van der Waals surface area contributed by atoms with Crippen molar-refractivity contribution in [2.75, 3.05) is 12.8 Å². The topological polar surface area (TPSA) is 20.3 Å². The Bertz CT molecular complexity index is 397. The number of amides is 1. The Labute approximate surface area is 113 Å². The van der Waals surface area contributed by atoms with Crippen LogP contribution >= 0.6 is 24.2 Å². The summed E-state index contributed by atoms with van der Waals surface area (Å²) >= 11 is 1.76. The molecule has 2 rings (SSSR count). The van der Waals surface area contributed by atoms with Gasteiger partial charge in [0, 0.05) is 18.4 Å². The van der Waals surface area contributed by atoms with Crippen molar-refractivity contribution in [1.29, 1.82) is 0 Å². The van der Waals surface area contributed by atoms with E-state index in [2.05, 4.69) is 30.5 Å². The van der Waals surface area contributed by atoms with Crippen molar-refractivity contribution < 1.29 is 4.79 Å². The molecular formula is C13H18ClNOS. The van der Waals surface area contributed by atoms with Gasteiger partial charge in [0.25, 0.3) is 0 Å². The first-order valence-electron chi connectivity index (χ1n) is 5.64. The Balaban J connectivity index is 0.00000144. The van der Waals surface area contributed by atoms with Crippen molar-refractivity contribution in [3.05, 3.63) is 29.8 Å². The van der Waals surface area contributed by atoms with Gasteiger partial charge in [0.2, 0.25) is 5.91 Å². The molecule has 0 N–H and O–H groups in total. The molecule has 1 heterocycles. The number of carbonyl (C=O) groups is 1. The summed E-state index contributed by atoms with van der Waals surface area (Å²) in [6.07, 6.45) is 4.30. The summed E-state index contributed by atoms with van der Waals surface area (Å²) in [5.41, 5.74) is 1.31. The number of hydrogen-bond acceptors (Lipinski definition) is 2. The monoisotopic (exact) mass is 271 g/mol. The van der Waals surface area contributed by atoms with Crippen LogP contribution in [0.25, 0.3) is 0 Å². The standard InChI is InChI=1S/C13H17NOS.ClH/c1-10(15)14-9-5-7-12(14)11-6-3-4-8-13(11)16-2;/h3-4,6,8,12H,5,7,9H2,1-2H3;1H. The van der Waals surface area contributed by atoms with E-state index in [4.69, 9.17) is 0 Å². The van der Waals surface area contributed by atoms with Gasteiger partial charge >= 0.3 is 0 Å². The van der Waals surface area contributed by atoms with Crippen LogP contribution in [0.15, 0.2) is 29.2 Å². The number of halogens is 1. The van der Waals surface area contributed by atoms with Gasteiger partial charge in [-0.1, -0.05) is 18.2 Å². The maximum absolute atomic E-state index is 11.5. The summed E-state index contributed by atoms with van der Waals surface area (Å²) in [6.45, 7) is 2.57. The summed E-state index contributed by atoms with van der Waals surface area (Å²) in [4.78, 5) is 14.8. The van der Waals surface area contributed by atoms with E-state index in [0.717, 1.165) is 19.4 Å². The molecule has 0 aromatic heterocycles. The van der Waals surface area contributed by atoms with Crippen LogP contribution in [0, 0.1) is 0 Å². The second-order valence-corrected chi connectivity index (χ2v) is 4.96. The largest absolute Gasteiger partial charge is 0.336 e. The highest BCUT2D eigenvalue weighted by molar-refractivity contribution is 7.98. The SMILES string of the molecule is CSc1ccccc1C1CCCN1C(C)=O.Cl. The second kappa shape index (κ2) is 6.31. The zero-order chi connectivity index (χ0) is 11.5. The summed E-state index contributed by atoms with van der Waals surface area (Å²) in [7, 11) is 0. The number of hydrogen-bond donors (Lipinski definition) is 0. The van der Waals surface area contributed by atoms with Crippen LogP contribution in [0.4, 0.5) is 0 Å². The Morgan fingerprint density at radius 3 is 2.76 bits per heavy atom. The fraction of sp³-hybridized carbons (Fsp3) is 0.462. The zero-order valence-electron chi connectivity index (χ0n) is 10.2. The molecule has 1 aromatic rings. The highest BCUT2D eigenvalue weighted by atomic mass is 35.5. The molecule has 17 heavy (non-hydrogen) atoms. The van der Waals surface area contributed by atoms with Crippen molar-refractivity contribution >= 4 is 30.1 Å². The molecule has 94 valence electrons. The van der Waals surface area contributed by atoms with Gasteiger partial charge < -0.3 is 4.90 Å². The summed E-state index contributed by atoms with van der Waals surface area (Å²) in [5, 5.41) is 0. The molecule has 1 fully saturated rings. The zero-order valence-corrected chi connectivity index (χ0v) is 11.8. The van der Waals surface area contributed by atoms with Crippen LogP contribution < -0.4 is 0 Å². The third-order valence-corrected chi connectivity index (χ3v) is 3.97. The van der Waals surface area contributed by atoms with Crippen LogP contribution in [0.2, 0.25) is 0 Å². The minimum Gasteiger partial charge on any atom is -0.336 e. The lowest BCUT2D eigenvalue weighted by atomic mass is 10.0. The van der Waals surface area contributed by atoms with E-state index in [1.165, 1.54) is 10.5 Å². The first-order chi connectivity index (χ1) is 7.74. The molecule has 0 saturated carbocycles. The maximum Gasteiger partial charge on any atom is 0.219 e. The average Bonchev–Trinajstić information content (AvgIpc) is 2.77. The molecule has 0 spiro atoms. The summed E-state index contributed by atoms with van der Waals surface area (Å²) in [6, 6.07) is 8.70. The predicted octanol–water partition coefficient (Wildman–Crippen LogP) is 3.51. The quantitative estimate of drug-likeness (QED) is 0.767. The van der Waals surface area contributed by atoms with E-state index in [1.807, 2.05) is 4.90 Å². The van der Waals surface area contributed by atoms with Crippen LogP contribution in [-0.2, 0) is 4.79 Å². The highest BCUT2D eigenvalue weighted by Gasteiger charge is 2.28. The van der Waals surface area contributed by atoms with E-state index in [-0.39, 0.29) is 18.3 Å². The number of carbonyl (C=O) groups excluding carboxylic acids is 1. The fourth-order valence-electron chi connectivity index (χ4n) is 2.41. The van der Waals surface area contributed by atoms with E-state index in [1.54, 1.807) is 18.7 Å². The Morgan fingerprint density at radius 1 is 1.41 bits per heavy atom. The van der Waals surface area contributed by atoms with E-state index >= 15 is 0 Å². The first kappa shape index (κ1) is 14.4. The minimum atomic E-state index is 0. The molecule has 0 bridgehead atoms. The van der Waals surface area contributed by atoms with Gasteiger partial charge in [0.1, 0.15) is 0 Å². The number of rotatable bonds is 2. The van der Waals surface area contributed by atoms with E-state index in [9.17, 15) is 4.79 Å². The molecule has 0 aliphatic carbocycles. The third-order valence-electron chi connectivity index (χ3n) is 3.16. The number of nitrogens with zero attached hydrogens (tertiary/aromatic N) is 1. The minimum absolute atomic E-state index is 0. The molecule has 4 heteroatoms. The van der Waals surface area contributed by atoms with Gasteiger partial charge in [-0.3, -0.25) is 4.79 Å². The second-order valence-electron chi connectivity index (χ2n) is 4.11. The van der Waals surface area contributed by atoms with Gasteiger partial charge in [-0.05, 0) is 30.7 Å². The maximum atomic E-state index is 11.5.